The lowest BCUT2D eigenvalue weighted by atomic mass is 9.92. The van der Waals surface area contributed by atoms with Crippen molar-refractivity contribution in [3.63, 3.8) is 0 Å². The molecule has 184 valence electrons. The Hall–Kier alpha value is -4.26. The number of nitrogens with one attached hydrogen (secondary N) is 3. The molecule has 2 aromatic rings. The van der Waals surface area contributed by atoms with Gasteiger partial charge in [-0.1, -0.05) is 0 Å². The van der Waals surface area contributed by atoms with Crippen LogP contribution in [0.5, 0.6) is 0 Å². The third-order valence-electron chi connectivity index (χ3n) is 5.61. The second-order valence-electron chi connectivity index (χ2n) is 7.83. The van der Waals surface area contributed by atoms with Crippen LogP contribution in [0.25, 0.3) is 0 Å². The van der Waals surface area contributed by atoms with E-state index in [1.165, 1.54) is 32.4 Å². The zero-order chi connectivity index (χ0) is 25.1. The molecule has 1 saturated heterocycles. The summed E-state index contributed by atoms with van der Waals surface area (Å²) < 4.78 is 14.7. The number of carbonyl (C=O) groups excluding carboxylic acids is 4. The minimum atomic E-state index is -1.16. The molecule has 2 aliphatic heterocycles. The number of hydrogen-bond acceptors (Lipinski definition) is 10. The molecule has 13 heteroatoms. The summed E-state index contributed by atoms with van der Waals surface area (Å²) in [5, 5.41) is 5.14. The molecular weight excluding hydrogens is 462 g/mol. The number of hydrogen-bond donors (Lipinski definition) is 3. The fourth-order valence-electron chi connectivity index (χ4n) is 3.91. The molecule has 0 bridgehead atoms. The van der Waals surface area contributed by atoms with Crippen LogP contribution < -0.4 is 21.1 Å². The first-order chi connectivity index (χ1) is 16.8. The van der Waals surface area contributed by atoms with Crippen molar-refractivity contribution in [2.45, 2.75) is 12.3 Å². The van der Waals surface area contributed by atoms with Crippen molar-refractivity contribution in [3.05, 3.63) is 45.2 Å². The van der Waals surface area contributed by atoms with Crippen molar-refractivity contribution < 1.29 is 33.4 Å². The quantitative estimate of drug-likeness (QED) is 0.499. The number of ether oxygens (including phenoxy) is 3. The Morgan fingerprint density at radius 3 is 2.29 bits per heavy atom. The monoisotopic (exact) mass is 485 g/mol. The van der Waals surface area contributed by atoms with Crippen molar-refractivity contribution in [1.82, 2.24) is 9.97 Å². The second kappa shape index (κ2) is 9.93. The standard InChI is InChI=1S/C22H23N5O8/c1-33-20(31)11-7-12(21(32)34-2)9-13(8-11)23-18(29)14-10-15(28)24-17-16(14)19(30)26-22(25-17)27-3-5-35-6-4-27/h7-9,14H,3-6,10H2,1-2H3,(H,23,29)(H2,24,25,26,28,30)/t14-/m0/s1. The number of fused-ring (bicyclic) bond motifs is 1. The summed E-state index contributed by atoms with van der Waals surface area (Å²) in [7, 11) is 2.35. The molecular formula is C22H23N5O8. The fraction of sp³-hybridized carbons (Fsp3) is 0.364. The minimum Gasteiger partial charge on any atom is -0.465 e. The molecule has 3 heterocycles. The van der Waals surface area contributed by atoms with Crippen LogP contribution in [-0.2, 0) is 23.8 Å². The molecule has 2 amide bonds. The topological polar surface area (TPSA) is 169 Å². The van der Waals surface area contributed by atoms with Crippen LogP contribution in [0, 0.1) is 0 Å². The first-order valence-corrected chi connectivity index (χ1v) is 10.7. The Bertz CT molecular complexity index is 1220. The zero-order valence-electron chi connectivity index (χ0n) is 19.0. The highest BCUT2D eigenvalue weighted by Crippen LogP contribution is 2.30. The van der Waals surface area contributed by atoms with Crippen molar-refractivity contribution in [2.75, 3.05) is 56.1 Å². The minimum absolute atomic E-state index is 0.00199. The van der Waals surface area contributed by atoms with E-state index in [2.05, 4.69) is 20.6 Å². The van der Waals surface area contributed by atoms with Gasteiger partial charge in [0.15, 0.2) is 0 Å². The molecule has 0 aliphatic carbocycles. The van der Waals surface area contributed by atoms with Crippen LogP contribution in [0.1, 0.15) is 38.6 Å². The summed E-state index contributed by atoms with van der Waals surface area (Å²) in [5.74, 6) is -3.52. The first kappa shape index (κ1) is 23.9. The predicted octanol–water partition coefficient (Wildman–Crippen LogP) is 0.244. The maximum atomic E-state index is 13.2. The number of esters is 2. The van der Waals surface area contributed by atoms with Crippen LogP contribution >= 0.6 is 0 Å². The number of H-pyrrole nitrogens is 1. The van der Waals surface area contributed by atoms with E-state index < -0.39 is 35.2 Å². The molecule has 1 aromatic carbocycles. The Kier molecular flexibility index (Phi) is 6.78. The van der Waals surface area contributed by atoms with E-state index in [1.807, 2.05) is 4.90 Å². The molecule has 2 aliphatic rings. The number of rotatable bonds is 5. The molecule has 1 aromatic heterocycles. The average Bonchev–Trinajstić information content (AvgIpc) is 2.87. The lowest BCUT2D eigenvalue weighted by molar-refractivity contribution is -0.123. The molecule has 1 fully saturated rings. The first-order valence-electron chi connectivity index (χ1n) is 10.7. The molecule has 0 spiro atoms. The van der Waals surface area contributed by atoms with Crippen LogP contribution in [0.2, 0.25) is 0 Å². The highest BCUT2D eigenvalue weighted by Gasteiger charge is 2.35. The average molecular weight is 485 g/mol. The Labute approximate surface area is 198 Å². The van der Waals surface area contributed by atoms with E-state index in [-0.39, 0.29) is 40.6 Å². The maximum absolute atomic E-state index is 13.2. The van der Waals surface area contributed by atoms with Crippen molar-refractivity contribution in [1.29, 1.82) is 0 Å². The summed E-state index contributed by atoms with van der Waals surface area (Å²) in [6, 6.07) is 3.88. The number of benzene rings is 1. The van der Waals surface area contributed by atoms with Crippen molar-refractivity contribution >= 4 is 41.2 Å². The van der Waals surface area contributed by atoms with Gasteiger partial charge in [-0.25, -0.2) is 9.59 Å². The summed E-state index contributed by atoms with van der Waals surface area (Å²) in [5.41, 5.74) is -0.462. The van der Waals surface area contributed by atoms with Crippen LogP contribution in [0.15, 0.2) is 23.0 Å². The van der Waals surface area contributed by atoms with Crippen LogP contribution in [-0.4, -0.2) is 74.2 Å². The van der Waals surface area contributed by atoms with Crippen LogP contribution in [0.3, 0.4) is 0 Å². The van der Waals surface area contributed by atoms with Gasteiger partial charge in [-0.05, 0) is 18.2 Å². The fourth-order valence-corrected chi connectivity index (χ4v) is 3.91. The highest BCUT2D eigenvalue weighted by molar-refractivity contribution is 6.05. The van der Waals surface area contributed by atoms with Gasteiger partial charge in [-0.2, -0.15) is 4.98 Å². The molecule has 4 rings (SSSR count). The van der Waals surface area contributed by atoms with E-state index in [9.17, 15) is 24.0 Å². The molecule has 0 unspecified atom stereocenters. The molecule has 0 saturated carbocycles. The molecule has 1 atom stereocenters. The number of morpholine rings is 1. The SMILES string of the molecule is COC(=O)c1cc(NC(=O)[C@H]2CC(=O)Nc3nc(N4CCOCC4)[nH]c(=O)c32)cc(C(=O)OC)c1. The largest absolute Gasteiger partial charge is 0.465 e. The lowest BCUT2D eigenvalue weighted by Crippen LogP contribution is -2.41. The number of nitrogens with zero attached hydrogens (tertiary/aromatic N) is 2. The Morgan fingerprint density at radius 2 is 1.69 bits per heavy atom. The van der Waals surface area contributed by atoms with Gasteiger partial charge in [0.2, 0.25) is 17.8 Å². The summed E-state index contributed by atoms with van der Waals surface area (Å²) in [6.07, 6.45) is -0.291. The van der Waals surface area contributed by atoms with E-state index in [4.69, 9.17) is 14.2 Å². The van der Waals surface area contributed by atoms with Crippen molar-refractivity contribution in [2.24, 2.45) is 0 Å². The summed E-state index contributed by atoms with van der Waals surface area (Å²) in [6.45, 7) is 1.96. The van der Waals surface area contributed by atoms with Crippen LogP contribution in [0.4, 0.5) is 17.5 Å². The smallest absolute Gasteiger partial charge is 0.337 e. The van der Waals surface area contributed by atoms with Gasteiger partial charge in [-0.3, -0.25) is 19.4 Å². The lowest BCUT2D eigenvalue weighted by Gasteiger charge is -2.29. The van der Waals surface area contributed by atoms with E-state index in [0.29, 0.717) is 26.3 Å². The molecule has 0 radical (unpaired) electrons. The third-order valence-corrected chi connectivity index (χ3v) is 5.61. The third kappa shape index (κ3) is 4.99. The van der Waals surface area contributed by atoms with E-state index >= 15 is 0 Å². The van der Waals surface area contributed by atoms with E-state index in [0.717, 1.165) is 0 Å². The van der Waals surface area contributed by atoms with Gasteiger partial charge in [0, 0.05) is 25.2 Å². The molecule has 35 heavy (non-hydrogen) atoms. The Balaban J connectivity index is 1.66. The van der Waals surface area contributed by atoms with Gasteiger partial charge in [0.05, 0.1) is 50.0 Å². The Morgan fingerprint density at radius 1 is 1.06 bits per heavy atom. The van der Waals surface area contributed by atoms with Gasteiger partial charge in [0.1, 0.15) is 5.82 Å². The normalized spacial score (nSPS) is 17.1. The predicted molar refractivity (Wildman–Crippen MR) is 122 cm³/mol. The summed E-state index contributed by atoms with van der Waals surface area (Å²) >= 11 is 0. The second-order valence-corrected chi connectivity index (χ2v) is 7.83. The van der Waals surface area contributed by atoms with Gasteiger partial charge in [-0.15, -0.1) is 0 Å². The van der Waals surface area contributed by atoms with Crippen molar-refractivity contribution in [3.8, 4) is 0 Å². The number of methoxy groups -OCH3 is 2. The van der Waals surface area contributed by atoms with Gasteiger partial charge < -0.3 is 29.7 Å². The number of aromatic amines is 1. The maximum Gasteiger partial charge on any atom is 0.337 e. The van der Waals surface area contributed by atoms with Gasteiger partial charge >= 0.3 is 11.9 Å². The molecule has 3 N–H and O–H groups in total. The number of amides is 2. The number of carbonyl (C=O) groups is 4. The number of anilines is 3. The highest BCUT2D eigenvalue weighted by atomic mass is 16.5. The van der Waals surface area contributed by atoms with E-state index in [1.54, 1.807) is 0 Å². The zero-order valence-corrected chi connectivity index (χ0v) is 19.0. The molecule has 13 nitrogen and oxygen atoms in total. The summed E-state index contributed by atoms with van der Waals surface area (Å²) in [4.78, 5) is 71.4. The number of aromatic nitrogens is 2. The van der Waals surface area contributed by atoms with Gasteiger partial charge in [0.25, 0.3) is 5.56 Å².